The summed E-state index contributed by atoms with van der Waals surface area (Å²) in [7, 11) is 0. The SMILES string of the molecule is CC(Cc1cc(C(F)(F)F)cc(C(F)(F)F)c1)(c1cc(C(F)(F)F)cc(C(F)(F)F)c1)N1CCN(C2CCCCC2)CC1. The first-order valence-corrected chi connectivity index (χ1v) is 13.8. The smallest absolute Gasteiger partial charge is 0.298 e. The van der Waals surface area contributed by atoms with Crippen LogP contribution in [0.15, 0.2) is 36.4 Å². The number of piperazine rings is 1. The highest BCUT2D eigenvalue weighted by atomic mass is 19.4. The maximum absolute atomic E-state index is 13.8. The van der Waals surface area contributed by atoms with Crippen molar-refractivity contribution in [3.8, 4) is 0 Å². The Hall–Kier alpha value is -2.48. The second-order valence-corrected chi connectivity index (χ2v) is 11.5. The van der Waals surface area contributed by atoms with Gasteiger partial charge in [0.05, 0.1) is 22.3 Å². The van der Waals surface area contributed by atoms with Gasteiger partial charge in [-0.15, -0.1) is 0 Å². The van der Waals surface area contributed by atoms with E-state index in [2.05, 4.69) is 4.90 Å². The van der Waals surface area contributed by atoms with Crippen LogP contribution in [-0.4, -0.2) is 42.0 Å². The molecule has 1 saturated heterocycles. The first kappa shape index (κ1) is 33.4. The van der Waals surface area contributed by atoms with Crippen LogP contribution in [0.1, 0.15) is 72.4 Å². The van der Waals surface area contributed by atoms with Crippen LogP contribution < -0.4 is 0 Å². The molecule has 4 rings (SSSR count). The number of benzene rings is 2. The molecule has 0 radical (unpaired) electrons. The monoisotopic (exact) mass is 634 g/mol. The summed E-state index contributed by atoms with van der Waals surface area (Å²) in [5, 5.41) is 0. The molecule has 0 spiro atoms. The maximum atomic E-state index is 13.8. The highest BCUT2D eigenvalue weighted by molar-refractivity contribution is 5.40. The lowest BCUT2D eigenvalue weighted by Gasteiger charge is -2.48. The quantitative estimate of drug-likeness (QED) is 0.303. The molecule has 2 fully saturated rings. The largest absolute Gasteiger partial charge is 0.416 e. The molecule has 43 heavy (non-hydrogen) atoms. The predicted molar refractivity (Wildman–Crippen MR) is 134 cm³/mol. The van der Waals surface area contributed by atoms with Crippen LogP contribution in [0.3, 0.4) is 0 Å². The number of halogens is 12. The topological polar surface area (TPSA) is 6.48 Å². The van der Waals surface area contributed by atoms with Crippen molar-refractivity contribution < 1.29 is 52.7 Å². The highest BCUT2D eigenvalue weighted by Crippen LogP contribution is 2.43. The van der Waals surface area contributed by atoms with Gasteiger partial charge >= 0.3 is 24.7 Å². The fourth-order valence-electron chi connectivity index (χ4n) is 6.21. The van der Waals surface area contributed by atoms with Crippen LogP contribution in [0.25, 0.3) is 0 Å². The van der Waals surface area contributed by atoms with Crippen molar-refractivity contribution in [2.45, 2.75) is 81.7 Å². The van der Waals surface area contributed by atoms with E-state index in [4.69, 9.17) is 0 Å². The summed E-state index contributed by atoms with van der Waals surface area (Å²) in [4.78, 5) is 3.74. The Balaban J connectivity index is 1.83. The van der Waals surface area contributed by atoms with Gasteiger partial charge in [-0.2, -0.15) is 52.7 Å². The van der Waals surface area contributed by atoms with Crippen molar-refractivity contribution in [1.29, 1.82) is 0 Å². The summed E-state index contributed by atoms with van der Waals surface area (Å²) in [5.41, 5.74) is -9.35. The van der Waals surface area contributed by atoms with Crippen LogP contribution in [0.5, 0.6) is 0 Å². The lowest BCUT2D eigenvalue weighted by atomic mass is 9.81. The zero-order valence-electron chi connectivity index (χ0n) is 23.0. The summed E-state index contributed by atoms with van der Waals surface area (Å²) in [5.74, 6) is 0. The van der Waals surface area contributed by atoms with Gasteiger partial charge in [0.2, 0.25) is 0 Å². The Bertz CT molecular complexity index is 1200. The van der Waals surface area contributed by atoms with Crippen molar-refractivity contribution in [2.24, 2.45) is 0 Å². The number of rotatable bonds is 5. The molecule has 2 nitrogen and oxygen atoms in total. The van der Waals surface area contributed by atoms with Crippen LogP contribution in [0, 0.1) is 0 Å². The molecule has 0 N–H and O–H groups in total. The number of nitrogens with zero attached hydrogens (tertiary/aromatic N) is 2. The Morgan fingerprint density at radius 2 is 0.907 bits per heavy atom. The van der Waals surface area contributed by atoms with Crippen molar-refractivity contribution in [1.82, 2.24) is 9.80 Å². The highest BCUT2D eigenvalue weighted by Gasteiger charge is 2.44. The number of hydrogen-bond acceptors (Lipinski definition) is 2. The minimum absolute atomic E-state index is 0.0586. The second-order valence-electron chi connectivity index (χ2n) is 11.5. The van der Waals surface area contributed by atoms with Crippen LogP contribution in [-0.2, 0) is 36.7 Å². The van der Waals surface area contributed by atoms with E-state index in [0.717, 1.165) is 32.1 Å². The van der Waals surface area contributed by atoms with Crippen molar-refractivity contribution >= 4 is 0 Å². The fourth-order valence-corrected chi connectivity index (χ4v) is 6.21. The fraction of sp³-hybridized carbons (Fsp3) is 0.586. The molecule has 240 valence electrons. The second kappa shape index (κ2) is 11.8. The third-order valence-electron chi connectivity index (χ3n) is 8.51. The van der Waals surface area contributed by atoms with E-state index >= 15 is 0 Å². The normalized spacial score (nSPS) is 20.3. The summed E-state index contributed by atoms with van der Waals surface area (Å²) >= 11 is 0. The lowest BCUT2D eigenvalue weighted by molar-refractivity contribution is -0.145. The molecule has 2 aromatic carbocycles. The van der Waals surface area contributed by atoms with Gasteiger partial charge in [0.25, 0.3) is 0 Å². The third kappa shape index (κ3) is 7.79. The zero-order chi connectivity index (χ0) is 32.0. The van der Waals surface area contributed by atoms with E-state index in [1.807, 2.05) is 0 Å². The summed E-state index contributed by atoms with van der Waals surface area (Å²) in [6, 6.07) is 2.05. The van der Waals surface area contributed by atoms with Crippen molar-refractivity contribution in [2.75, 3.05) is 26.2 Å². The number of hydrogen-bond donors (Lipinski definition) is 0. The van der Waals surface area contributed by atoms with Gasteiger partial charge in [-0.25, -0.2) is 0 Å². The van der Waals surface area contributed by atoms with Crippen LogP contribution in [0.2, 0.25) is 0 Å². The molecule has 1 aliphatic carbocycles. The average molecular weight is 635 g/mol. The Kier molecular flexibility index (Phi) is 9.16. The van der Waals surface area contributed by atoms with E-state index in [1.54, 1.807) is 4.90 Å². The molecule has 1 unspecified atom stereocenters. The molecular weight excluding hydrogens is 604 g/mol. The molecule has 1 heterocycles. The minimum atomic E-state index is -5.20. The Labute approximate surface area is 240 Å². The first-order chi connectivity index (χ1) is 19.7. The summed E-state index contributed by atoms with van der Waals surface area (Å²) < 4.78 is 164. The minimum Gasteiger partial charge on any atom is -0.298 e. The van der Waals surface area contributed by atoms with Gasteiger partial charge in [0, 0.05) is 37.8 Å². The standard InChI is InChI=1S/C29H30F12N2/c1-25(43-9-7-42(8-10-43)24-5-3-2-4-6-24,19-13-22(28(36,37)38)16-23(14-19)29(39,40)41)17-18-11-20(26(30,31)32)15-21(12-18)27(33,34)35/h11-16,24H,2-10,17H2,1H3. The molecule has 1 atom stereocenters. The molecule has 0 amide bonds. The van der Waals surface area contributed by atoms with Gasteiger partial charge in [0.1, 0.15) is 0 Å². The molecule has 14 heteroatoms. The van der Waals surface area contributed by atoms with E-state index in [1.165, 1.54) is 6.92 Å². The van der Waals surface area contributed by atoms with E-state index in [9.17, 15) is 52.7 Å². The first-order valence-electron chi connectivity index (χ1n) is 13.8. The molecule has 1 aliphatic heterocycles. The van der Waals surface area contributed by atoms with Gasteiger partial charge in [-0.1, -0.05) is 19.3 Å². The molecule has 0 bridgehead atoms. The maximum Gasteiger partial charge on any atom is 0.416 e. The van der Waals surface area contributed by atoms with Gasteiger partial charge < -0.3 is 0 Å². The third-order valence-corrected chi connectivity index (χ3v) is 8.51. The molecule has 2 aromatic rings. The summed E-state index contributed by atoms with van der Waals surface area (Å²) in [6.07, 6.45) is -16.5. The molecule has 2 aliphatic rings. The van der Waals surface area contributed by atoms with Gasteiger partial charge in [0.15, 0.2) is 0 Å². The van der Waals surface area contributed by atoms with E-state index in [0.29, 0.717) is 37.4 Å². The van der Waals surface area contributed by atoms with Crippen molar-refractivity contribution in [3.63, 3.8) is 0 Å². The van der Waals surface area contributed by atoms with Crippen LogP contribution in [0.4, 0.5) is 52.7 Å². The predicted octanol–water partition coefficient (Wildman–Crippen LogP) is 9.17. The van der Waals surface area contributed by atoms with E-state index in [-0.39, 0.29) is 31.3 Å². The molecule has 0 aromatic heterocycles. The van der Waals surface area contributed by atoms with E-state index < -0.39 is 70.0 Å². The molecule has 1 saturated carbocycles. The zero-order valence-corrected chi connectivity index (χ0v) is 23.0. The Morgan fingerprint density at radius 3 is 1.30 bits per heavy atom. The molecular formula is C29H30F12N2. The van der Waals surface area contributed by atoms with Gasteiger partial charge in [-0.05, 0) is 73.7 Å². The van der Waals surface area contributed by atoms with Crippen molar-refractivity contribution in [3.05, 3.63) is 69.8 Å². The summed E-state index contributed by atoms with van der Waals surface area (Å²) in [6.45, 7) is 2.32. The Morgan fingerprint density at radius 1 is 0.535 bits per heavy atom. The number of alkyl halides is 12. The lowest BCUT2D eigenvalue weighted by Crippen LogP contribution is -2.57. The van der Waals surface area contributed by atoms with Crippen LogP contribution >= 0.6 is 0 Å². The average Bonchev–Trinajstić information content (AvgIpc) is 2.91. The van der Waals surface area contributed by atoms with Gasteiger partial charge in [-0.3, -0.25) is 9.80 Å².